The quantitative estimate of drug-likeness (QED) is 0.732. The predicted octanol–water partition coefficient (Wildman–Crippen LogP) is 3.66. The van der Waals surface area contributed by atoms with Crippen molar-refractivity contribution in [3.05, 3.63) is 53.9 Å². The fourth-order valence-corrected chi connectivity index (χ4v) is 4.06. The van der Waals surface area contributed by atoms with Gasteiger partial charge in [-0.2, -0.15) is 0 Å². The second-order valence-electron chi connectivity index (χ2n) is 5.37. The Labute approximate surface area is 135 Å². The molecule has 2 aromatic carbocycles. The molecular weight excluding hydrogens is 312 g/mol. The van der Waals surface area contributed by atoms with E-state index >= 15 is 0 Å². The van der Waals surface area contributed by atoms with Crippen LogP contribution < -0.4 is 4.31 Å². The second kappa shape index (κ2) is 5.70. The molecule has 0 atom stereocenters. The first-order chi connectivity index (χ1) is 10.9. The summed E-state index contributed by atoms with van der Waals surface area (Å²) in [5.41, 5.74) is 2.79. The topological polar surface area (TPSA) is 63.4 Å². The van der Waals surface area contributed by atoms with Gasteiger partial charge in [0.2, 0.25) is 0 Å². The summed E-state index contributed by atoms with van der Waals surface area (Å²) in [4.78, 5) is 4.39. The van der Waals surface area contributed by atoms with Crippen LogP contribution in [0.3, 0.4) is 0 Å². The molecule has 23 heavy (non-hydrogen) atoms. The maximum Gasteiger partial charge on any atom is 0.264 e. The Kier molecular flexibility index (Phi) is 3.85. The lowest BCUT2D eigenvalue weighted by molar-refractivity contribution is 0.559. The minimum atomic E-state index is -3.66. The Morgan fingerprint density at radius 1 is 1.13 bits per heavy atom. The molecule has 6 heteroatoms. The number of aryl methyl sites for hydroxylation is 2. The summed E-state index contributed by atoms with van der Waals surface area (Å²) in [6.07, 6.45) is 0. The zero-order chi connectivity index (χ0) is 16.6. The lowest BCUT2D eigenvalue weighted by atomic mass is 10.2. The average molecular weight is 330 g/mol. The molecule has 5 nitrogen and oxygen atoms in total. The number of aromatic nitrogens is 1. The molecule has 0 N–H and O–H groups in total. The number of anilines is 1. The van der Waals surface area contributed by atoms with Gasteiger partial charge in [0, 0.05) is 19.5 Å². The number of hydrogen-bond donors (Lipinski definition) is 0. The molecule has 0 unspecified atom stereocenters. The Hall–Kier alpha value is -2.34. The summed E-state index contributed by atoms with van der Waals surface area (Å²) in [7, 11) is -3.66. The molecule has 0 aliphatic heterocycles. The number of sulfonamides is 1. The van der Waals surface area contributed by atoms with E-state index in [2.05, 4.69) is 4.98 Å². The van der Waals surface area contributed by atoms with Gasteiger partial charge < -0.3 is 4.42 Å². The van der Waals surface area contributed by atoms with E-state index in [1.165, 1.54) is 10.4 Å². The molecule has 0 spiro atoms. The van der Waals surface area contributed by atoms with Crippen LogP contribution in [-0.2, 0) is 10.0 Å². The number of nitrogens with zero attached hydrogens (tertiary/aromatic N) is 2. The minimum Gasteiger partial charge on any atom is -0.441 e. The van der Waals surface area contributed by atoms with Crippen LogP contribution in [0.4, 0.5) is 5.69 Å². The van der Waals surface area contributed by atoms with Gasteiger partial charge in [-0.1, -0.05) is 12.1 Å². The van der Waals surface area contributed by atoms with E-state index in [0.29, 0.717) is 29.2 Å². The van der Waals surface area contributed by atoms with Gasteiger partial charge in [0.1, 0.15) is 5.52 Å². The van der Waals surface area contributed by atoms with Gasteiger partial charge in [-0.05, 0) is 43.7 Å². The molecule has 0 aliphatic rings. The molecule has 0 saturated carbocycles. The van der Waals surface area contributed by atoms with E-state index in [1.807, 2.05) is 32.0 Å². The van der Waals surface area contributed by atoms with Crippen molar-refractivity contribution in [2.45, 2.75) is 25.7 Å². The number of benzene rings is 2. The molecule has 0 aliphatic carbocycles. The van der Waals surface area contributed by atoms with Crippen LogP contribution in [0.25, 0.3) is 11.1 Å². The normalized spacial score (nSPS) is 11.8. The van der Waals surface area contributed by atoms with Gasteiger partial charge in [-0.25, -0.2) is 13.4 Å². The third-order valence-corrected chi connectivity index (χ3v) is 5.53. The highest BCUT2D eigenvalue weighted by atomic mass is 32.2. The van der Waals surface area contributed by atoms with Crippen molar-refractivity contribution < 1.29 is 12.8 Å². The van der Waals surface area contributed by atoms with Crippen molar-refractivity contribution in [2.24, 2.45) is 0 Å². The summed E-state index contributed by atoms with van der Waals surface area (Å²) in [6, 6.07) is 12.2. The van der Waals surface area contributed by atoms with Crippen molar-refractivity contribution >= 4 is 26.8 Å². The molecule has 0 bridgehead atoms. The fourth-order valence-electron chi connectivity index (χ4n) is 2.58. The van der Waals surface area contributed by atoms with Crippen LogP contribution in [0.15, 0.2) is 51.8 Å². The van der Waals surface area contributed by atoms with E-state index in [1.54, 1.807) is 25.1 Å². The first-order valence-corrected chi connectivity index (χ1v) is 8.82. The highest BCUT2D eigenvalue weighted by molar-refractivity contribution is 7.92. The summed E-state index contributed by atoms with van der Waals surface area (Å²) >= 11 is 0. The van der Waals surface area contributed by atoms with Crippen LogP contribution in [0, 0.1) is 13.8 Å². The van der Waals surface area contributed by atoms with E-state index in [-0.39, 0.29) is 4.90 Å². The predicted molar refractivity (Wildman–Crippen MR) is 90.1 cm³/mol. The zero-order valence-corrected chi connectivity index (χ0v) is 14.1. The third kappa shape index (κ3) is 2.82. The van der Waals surface area contributed by atoms with Crippen molar-refractivity contribution in [2.75, 3.05) is 10.8 Å². The molecule has 0 radical (unpaired) electrons. The maximum absolute atomic E-state index is 13.0. The highest BCUT2D eigenvalue weighted by Crippen LogP contribution is 2.26. The molecular formula is C17H18N2O3S. The van der Waals surface area contributed by atoms with Crippen molar-refractivity contribution in [3.63, 3.8) is 0 Å². The van der Waals surface area contributed by atoms with Gasteiger partial charge in [0.05, 0.1) is 10.6 Å². The molecule has 3 aromatic rings. The van der Waals surface area contributed by atoms with E-state index in [4.69, 9.17) is 4.42 Å². The third-order valence-electron chi connectivity index (χ3n) is 3.63. The summed E-state index contributed by atoms with van der Waals surface area (Å²) in [6.45, 7) is 5.84. The van der Waals surface area contributed by atoms with Gasteiger partial charge in [0.15, 0.2) is 11.5 Å². The lowest BCUT2D eigenvalue weighted by Gasteiger charge is -2.23. The minimum absolute atomic E-state index is 0.199. The van der Waals surface area contributed by atoms with Crippen molar-refractivity contribution in [3.8, 4) is 0 Å². The van der Waals surface area contributed by atoms with Crippen LogP contribution in [0.5, 0.6) is 0 Å². The molecule has 1 aromatic heterocycles. The molecule has 0 fully saturated rings. The standard InChI is InChI=1S/C17H18N2O3S/c1-4-19(14-7-5-6-12(2)10-14)23(20,21)15-8-9-16-17(11-15)22-13(3)18-16/h5-11H,4H2,1-3H3. The van der Waals surface area contributed by atoms with E-state index in [9.17, 15) is 8.42 Å². The molecule has 120 valence electrons. The largest absolute Gasteiger partial charge is 0.441 e. The van der Waals surface area contributed by atoms with Crippen LogP contribution in [0.2, 0.25) is 0 Å². The van der Waals surface area contributed by atoms with Crippen molar-refractivity contribution in [1.29, 1.82) is 0 Å². The number of rotatable bonds is 4. The smallest absolute Gasteiger partial charge is 0.264 e. The zero-order valence-electron chi connectivity index (χ0n) is 13.3. The van der Waals surface area contributed by atoms with Gasteiger partial charge in [-0.3, -0.25) is 4.31 Å². The van der Waals surface area contributed by atoms with Crippen LogP contribution >= 0.6 is 0 Å². The number of hydrogen-bond acceptors (Lipinski definition) is 4. The number of fused-ring (bicyclic) bond motifs is 1. The Balaban J connectivity index is 2.10. The van der Waals surface area contributed by atoms with E-state index in [0.717, 1.165) is 5.56 Å². The molecule has 1 heterocycles. The lowest BCUT2D eigenvalue weighted by Crippen LogP contribution is -2.30. The van der Waals surface area contributed by atoms with Gasteiger partial charge in [-0.15, -0.1) is 0 Å². The van der Waals surface area contributed by atoms with Crippen LogP contribution in [-0.4, -0.2) is 19.9 Å². The number of oxazole rings is 1. The molecule has 0 amide bonds. The maximum atomic E-state index is 13.0. The molecule has 0 saturated heterocycles. The first-order valence-electron chi connectivity index (χ1n) is 7.38. The summed E-state index contributed by atoms with van der Waals surface area (Å²) < 4.78 is 32.8. The second-order valence-corrected chi connectivity index (χ2v) is 7.23. The summed E-state index contributed by atoms with van der Waals surface area (Å²) in [5, 5.41) is 0. The fraction of sp³-hybridized carbons (Fsp3) is 0.235. The molecule has 3 rings (SSSR count). The van der Waals surface area contributed by atoms with Gasteiger partial charge >= 0.3 is 0 Å². The van der Waals surface area contributed by atoms with Gasteiger partial charge in [0.25, 0.3) is 10.0 Å². The summed E-state index contributed by atoms with van der Waals surface area (Å²) in [5.74, 6) is 0.514. The monoisotopic (exact) mass is 330 g/mol. The highest BCUT2D eigenvalue weighted by Gasteiger charge is 2.24. The Morgan fingerprint density at radius 2 is 1.91 bits per heavy atom. The van der Waals surface area contributed by atoms with E-state index < -0.39 is 10.0 Å². The van der Waals surface area contributed by atoms with Crippen molar-refractivity contribution in [1.82, 2.24) is 4.98 Å². The Morgan fingerprint density at radius 3 is 2.61 bits per heavy atom. The Bertz CT molecular complexity index is 961. The SMILES string of the molecule is CCN(c1cccc(C)c1)S(=O)(=O)c1ccc2nc(C)oc2c1. The average Bonchev–Trinajstić information content (AvgIpc) is 2.86. The van der Waals surface area contributed by atoms with Crippen LogP contribution in [0.1, 0.15) is 18.4 Å². The first kappa shape index (κ1) is 15.6.